The zero-order valence-corrected chi connectivity index (χ0v) is 14.0. The van der Waals surface area contributed by atoms with E-state index in [1.807, 2.05) is 0 Å². The Morgan fingerprint density at radius 2 is 1.95 bits per heavy atom. The molecule has 1 aliphatic rings. The van der Waals surface area contributed by atoms with Gasteiger partial charge in [0.05, 0.1) is 0 Å². The van der Waals surface area contributed by atoms with Crippen molar-refractivity contribution in [2.75, 3.05) is 18.8 Å². The third-order valence-electron chi connectivity index (χ3n) is 4.63. The number of hydrogen-bond acceptors (Lipinski definition) is 3. The van der Waals surface area contributed by atoms with Crippen LogP contribution in [0.15, 0.2) is 30.3 Å². The summed E-state index contributed by atoms with van der Waals surface area (Å²) in [5.74, 6) is 1.24. The highest BCUT2D eigenvalue weighted by Gasteiger charge is 2.34. The molecular weight excluding hydrogens is 264 g/mol. The van der Waals surface area contributed by atoms with E-state index in [2.05, 4.69) is 74.7 Å². The van der Waals surface area contributed by atoms with Crippen molar-refractivity contribution in [1.82, 2.24) is 4.90 Å². The average molecular weight is 292 g/mol. The zero-order valence-electron chi connectivity index (χ0n) is 13.2. The van der Waals surface area contributed by atoms with Gasteiger partial charge >= 0.3 is 0 Å². The van der Waals surface area contributed by atoms with Gasteiger partial charge in [-0.15, -0.1) is 0 Å². The Morgan fingerprint density at radius 1 is 1.30 bits per heavy atom. The first kappa shape index (κ1) is 15.9. The minimum atomic E-state index is 0.0807. The quantitative estimate of drug-likeness (QED) is 0.920. The molecule has 2 rings (SSSR count). The molecule has 1 aromatic carbocycles. The smallest absolute Gasteiger partial charge is 0.0359 e. The van der Waals surface area contributed by atoms with Gasteiger partial charge in [-0.25, -0.2) is 0 Å². The maximum atomic E-state index is 6.54. The summed E-state index contributed by atoms with van der Waals surface area (Å²) in [4.78, 5) is 2.62. The van der Waals surface area contributed by atoms with E-state index in [1.165, 1.54) is 17.9 Å². The second kappa shape index (κ2) is 6.50. The Balaban J connectivity index is 2.06. The number of thioether (sulfide) groups is 1. The van der Waals surface area contributed by atoms with Gasteiger partial charge in [0.15, 0.2) is 0 Å². The molecule has 0 bridgehead atoms. The van der Waals surface area contributed by atoms with Crippen LogP contribution in [-0.4, -0.2) is 35.0 Å². The third-order valence-corrected chi connectivity index (χ3v) is 5.96. The van der Waals surface area contributed by atoms with Crippen LogP contribution in [0.4, 0.5) is 0 Å². The highest BCUT2D eigenvalue weighted by Crippen LogP contribution is 2.34. The molecular formula is C17H28N2S. The number of hydrogen-bond donors (Lipinski definition) is 1. The second-order valence-electron chi connectivity index (χ2n) is 6.66. The van der Waals surface area contributed by atoms with Crippen molar-refractivity contribution >= 4 is 11.8 Å². The van der Waals surface area contributed by atoms with Gasteiger partial charge in [0, 0.05) is 36.2 Å². The molecule has 1 fully saturated rings. The molecule has 0 radical (unpaired) electrons. The van der Waals surface area contributed by atoms with E-state index in [0.717, 1.165) is 6.54 Å². The van der Waals surface area contributed by atoms with Crippen LogP contribution in [-0.2, 0) is 0 Å². The van der Waals surface area contributed by atoms with Crippen LogP contribution >= 0.6 is 11.8 Å². The summed E-state index contributed by atoms with van der Waals surface area (Å²) in [5.41, 5.74) is 7.86. The lowest BCUT2D eigenvalue weighted by Gasteiger charge is -2.43. The molecule has 0 spiro atoms. The van der Waals surface area contributed by atoms with Crippen molar-refractivity contribution in [3.05, 3.63) is 35.9 Å². The molecule has 0 aliphatic carbocycles. The fourth-order valence-corrected chi connectivity index (χ4v) is 4.11. The fourth-order valence-electron chi connectivity index (χ4n) is 2.95. The van der Waals surface area contributed by atoms with Crippen molar-refractivity contribution in [2.24, 2.45) is 11.1 Å². The molecule has 0 saturated carbocycles. The lowest BCUT2D eigenvalue weighted by molar-refractivity contribution is 0.120. The van der Waals surface area contributed by atoms with E-state index >= 15 is 0 Å². The Morgan fingerprint density at radius 3 is 2.60 bits per heavy atom. The Bertz CT molecular complexity index is 418. The number of nitrogens with zero attached hydrogens (tertiary/aromatic N) is 1. The summed E-state index contributed by atoms with van der Waals surface area (Å²) in [6.45, 7) is 11.5. The largest absolute Gasteiger partial charge is 0.323 e. The maximum absolute atomic E-state index is 6.54. The zero-order chi connectivity index (χ0) is 14.8. The average Bonchev–Trinajstić information content (AvgIpc) is 2.44. The highest BCUT2D eigenvalue weighted by atomic mass is 32.2. The van der Waals surface area contributed by atoms with Crippen molar-refractivity contribution in [1.29, 1.82) is 0 Å². The van der Waals surface area contributed by atoms with E-state index < -0.39 is 0 Å². The van der Waals surface area contributed by atoms with Gasteiger partial charge in [-0.1, -0.05) is 51.1 Å². The normalized spacial score (nSPS) is 26.4. The molecule has 0 aromatic heterocycles. The number of benzene rings is 1. The molecule has 3 atom stereocenters. The minimum absolute atomic E-state index is 0.0807. The SMILES string of the molecule is CC1SCCN(CC(C)(C)C(N)c2ccccc2)C1C. The fraction of sp³-hybridized carbons (Fsp3) is 0.647. The predicted molar refractivity (Wildman–Crippen MR) is 90.1 cm³/mol. The van der Waals surface area contributed by atoms with Gasteiger partial charge in [-0.05, 0) is 17.9 Å². The van der Waals surface area contributed by atoms with Crippen LogP contribution in [0.1, 0.15) is 39.3 Å². The van der Waals surface area contributed by atoms with Crippen LogP contribution < -0.4 is 5.73 Å². The molecule has 3 unspecified atom stereocenters. The van der Waals surface area contributed by atoms with E-state index in [4.69, 9.17) is 5.73 Å². The van der Waals surface area contributed by atoms with Gasteiger partial charge < -0.3 is 5.73 Å². The summed E-state index contributed by atoms with van der Waals surface area (Å²) in [6.07, 6.45) is 0. The summed E-state index contributed by atoms with van der Waals surface area (Å²) < 4.78 is 0. The first-order valence-electron chi connectivity index (χ1n) is 7.58. The first-order chi connectivity index (χ1) is 9.42. The van der Waals surface area contributed by atoms with E-state index in [1.54, 1.807) is 0 Å². The monoisotopic (exact) mass is 292 g/mol. The Hall–Kier alpha value is -0.510. The summed E-state index contributed by atoms with van der Waals surface area (Å²) in [6, 6.07) is 11.2. The van der Waals surface area contributed by atoms with Crippen LogP contribution in [0.5, 0.6) is 0 Å². The third kappa shape index (κ3) is 3.57. The summed E-state index contributed by atoms with van der Waals surface area (Å²) in [5, 5.41) is 0.715. The van der Waals surface area contributed by atoms with Gasteiger partial charge in [-0.3, -0.25) is 4.90 Å². The molecule has 1 saturated heterocycles. The highest BCUT2D eigenvalue weighted by molar-refractivity contribution is 8.00. The second-order valence-corrected chi connectivity index (χ2v) is 8.15. The Kier molecular flexibility index (Phi) is 5.16. The molecule has 3 heteroatoms. The predicted octanol–water partition coefficient (Wildman–Crippen LogP) is 3.54. The van der Waals surface area contributed by atoms with E-state index in [0.29, 0.717) is 11.3 Å². The van der Waals surface area contributed by atoms with Crippen LogP contribution in [0.3, 0.4) is 0 Å². The van der Waals surface area contributed by atoms with E-state index in [9.17, 15) is 0 Å². The molecule has 1 heterocycles. The molecule has 20 heavy (non-hydrogen) atoms. The lowest BCUT2D eigenvalue weighted by Crippen LogP contribution is -2.50. The minimum Gasteiger partial charge on any atom is -0.323 e. The van der Waals surface area contributed by atoms with Crippen LogP contribution in [0.25, 0.3) is 0 Å². The molecule has 2 N–H and O–H groups in total. The van der Waals surface area contributed by atoms with Crippen molar-refractivity contribution in [3.63, 3.8) is 0 Å². The van der Waals surface area contributed by atoms with Gasteiger partial charge in [0.1, 0.15) is 0 Å². The molecule has 112 valence electrons. The lowest BCUT2D eigenvalue weighted by atomic mass is 9.80. The Labute approximate surface area is 128 Å². The van der Waals surface area contributed by atoms with Crippen molar-refractivity contribution in [2.45, 2.75) is 45.0 Å². The van der Waals surface area contributed by atoms with Crippen molar-refractivity contribution < 1.29 is 0 Å². The van der Waals surface area contributed by atoms with Crippen LogP contribution in [0, 0.1) is 5.41 Å². The molecule has 1 aromatic rings. The number of rotatable bonds is 4. The molecule has 0 amide bonds. The van der Waals surface area contributed by atoms with Crippen molar-refractivity contribution in [3.8, 4) is 0 Å². The summed E-state index contributed by atoms with van der Waals surface area (Å²) >= 11 is 2.09. The van der Waals surface area contributed by atoms with E-state index in [-0.39, 0.29) is 11.5 Å². The topological polar surface area (TPSA) is 29.3 Å². The van der Waals surface area contributed by atoms with Gasteiger partial charge in [-0.2, -0.15) is 11.8 Å². The molecule has 2 nitrogen and oxygen atoms in total. The maximum Gasteiger partial charge on any atom is 0.0359 e. The molecule has 1 aliphatic heterocycles. The number of nitrogens with two attached hydrogens (primary N) is 1. The van der Waals surface area contributed by atoms with Gasteiger partial charge in [0.2, 0.25) is 0 Å². The van der Waals surface area contributed by atoms with Gasteiger partial charge in [0.25, 0.3) is 0 Å². The van der Waals surface area contributed by atoms with Crippen LogP contribution in [0.2, 0.25) is 0 Å². The standard InChI is InChI=1S/C17H28N2S/c1-13-14(2)20-11-10-19(13)12-17(3,4)16(18)15-8-6-5-7-9-15/h5-9,13-14,16H,10-12,18H2,1-4H3. The summed E-state index contributed by atoms with van der Waals surface area (Å²) in [7, 11) is 0. The first-order valence-corrected chi connectivity index (χ1v) is 8.63.